The van der Waals surface area contributed by atoms with Gasteiger partial charge in [0.05, 0.1) is 12.2 Å². The molecule has 1 amide bonds. The van der Waals surface area contributed by atoms with E-state index in [0.29, 0.717) is 6.54 Å². The molecule has 1 aliphatic heterocycles. The van der Waals surface area contributed by atoms with Crippen molar-refractivity contribution in [1.82, 2.24) is 14.7 Å². The zero-order chi connectivity index (χ0) is 20.8. The number of amides is 1. The van der Waals surface area contributed by atoms with E-state index in [9.17, 15) is 9.59 Å². The fourth-order valence-corrected chi connectivity index (χ4v) is 3.54. The summed E-state index contributed by atoms with van der Waals surface area (Å²) in [7, 11) is 0. The lowest BCUT2D eigenvalue weighted by molar-refractivity contribution is -0.148. The van der Waals surface area contributed by atoms with Gasteiger partial charge in [-0.2, -0.15) is 5.10 Å². The van der Waals surface area contributed by atoms with Crippen LogP contribution in [0.2, 0.25) is 0 Å². The van der Waals surface area contributed by atoms with E-state index >= 15 is 0 Å². The van der Waals surface area contributed by atoms with Gasteiger partial charge in [0.15, 0.2) is 6.61 Å². The Balaban J connectivity index is 1.58. The maximum absolute atomic E-state index is 12.1. The van der Waals surface area contributed by atoms with E-state index in [2.05, 4.69) is 36.3 Å². The maximum atomic E-state index is 12.1. The van der Waals surface area contributed by atoms with Gasteiger partial charge in [-0.3, -0.25) is 9.48 Å². The van der Waals surface area contributed by atoms with E-state index < -0.39 is 5.97 Å². The van der Waals surface area contributed by atoms with E-state index in [1.807, 2.05) is 18.5 Å². The van der Waals surface area contributed by atoms with Gasteiger partial charge in [-0.25, -0.2) is 4.79 Å². The molecule has 0 radical (unpaired) electrons. The van der Waals surface area contributed by atoms with Gasteiger partial charge < -0.3 is 9.64 Å². The van der Waals surface area contributed by atoms with Crippen molar-refractivity contribution in [2.24, 2.45) is 0 Å². The standard InChI is InChI=1S/C23H29N3O3/c1-17-7-9-20(10-8-17)15-26-19(3)21(18(2)24-26)11-12-23(28)29-16-22(27)25-13-5-4-6-14-25/h7-12H,4-6,13-16H2,1-3H3/b12-11+. The Labute approximate surface area is 172 Å². The quantitative estimate of drug-likeness (QED) is 0.555. The topological polar surface area (TPSA) is 64.4 Å². The lowest BCUT2D eigenvalue weighted by atomic mass is 10.1. The van der Waals surface area contributed by atoms with E-state index in [1.165, 1.54) is 17.2 Å². The van der Waals surface area contributed by atoms with Crippen molar-refractivity contribution in [1.29, 1.82) is 0 Å². The Morgan fingerprint density at radius 2 is 1.76 bits per heavy atom. The van der Waals surface area contributed by atoms with Crippen molar-refractivity contribution < 1.29 is 14.3 Å². The minimum absolute atomic E-state index is 0.121. The molecule has 2 aromatic rings. The lowest BCUT2D eigenvalue weighted by Gasteiger charge is -2.26. The fraction of sp³-hybridized carbons (Fsp3) is 0.435. The number of carbonyl (C=O) groups is 2. The summed E-state index contributed by atoms with van der Waals surface area (Å²) in [6.07, 6.45) is 6.28. The van der Waals surface area contributed by atoms with E-state index in [0.717, 1.165) is 49.3 Å². The number of piperidine rings is 1. The summed E-state index contributed by atoms with van der Waals surface area (Å²) in [4.78, 5) is 25.9. The number of nitrogens with zero attached hydrogens (tertiary/aromatic N) is 3. The third-order valence-corrected chi connectivity index (χ3v) is 5.32. The number of aromatic nitrogens is 2. The Morgan fingerprint density at radius 1 is 1.07 bits per heavy atom. The molecule has 6 heteroatoms. The second kappa shape index (κ2) is 9.54. The summed E-state index contributed by atoms with van der Waals surface area (Å²) in [5, 5.41) is 4.59. The molecule has 1 aromatic carbocycles. The van der Waals surface area contributed by atoms with Gasteiger partial charge in [-0.15, -0.1) is 0 Å². The average molecular weight is 396 g/mol. The van der Waals surface area contributed by atoms with Crippen LogP contribution >= 0.6 is 0 Å². The van der Waals surface area contributed by atoms with Crippen LogP contribution in [-0.2, 0) is 20.9 Å². The van der Waals surface area contributed by atoms with E-state index in [4.69, 9.17) is 4.74 Å². The van der Waals surface area contributed by atoms with Crippen LogP contribution in [0, 0.1) is 20.8 Å². The Morgan fingerprint density at radius 3 is 2.45 bits per heavy atom. The van der Waals surface area contributed by atoms with Crippen LogP contribution in [0.1, 0.15) is 47.3 Å². The number of rotatable bonds is 6. The van der Waals surface area contributed by atoms with Crippen LogP contribution in [0.15, 0.2) is 30.3 Å². The highest BCUT2D eigenvalue weighted by molar-refractivity contribution is 5.89. The van der Waals surface area contributed by atoms with E-state index in [-0.39, 0.29) is 12.5 Å². The number of benzene rings is 1. The molecule has 3 rings (SSSR count). The van der Waals surface area contributed by atoms with Gasteiger partial charge in [-0.1, -0.05) is 29.8 Å². The monoisotopic (exact) mass is 395 g/mol. The van der Waals surface area contributed by atoms with Gasteiger partial charge in [0.25, 0.3) is 5.91 Å². The van der Waals surface area contributed by atoms with Crippen LogP contribution in [0.25, 0.3) is 6.08 Å². The third kappa shape index (κ3) is 5.56. The van der Waals surface area contributed by atoms with Crippen molar-refractivity contribution in [3.63, 3.8) is 0 Å². The van der Waals surface area contributed by atoms with Crippen LogP contribution < -0.4 is 0 Å². The molecular formula is C23H29N3O3. The number of esters is 1. The smallest absolute Gasteiger partial charge is 0.331 e. The number of carbonyl (C=O) groups excluding carboxylic acids is 2. The predicted molar refractivity (Wildman–Crippen MR) is 112 cm³/mol. The first kappa shape index (κ1) is 20.8. The summed E-state index contributed by atoms with van der Waals surface area (Å²) in [6, 6.07) is 8.36. The minimum Gasteiger partial charge on any atom is -0.452 e. The van der Waals surface area contributed by atoms with Crippen LogP contribution in [0.5, 0.6) is 0 Å². The summed E-state index contributed by atoms with van der Waals surface area (Å²) >= 11 is 0. The highest BCUT2D eigenvalue weighted by Gasteiger charge is 2.17. The molecule has 1 fully saturated rings. The normalized spacial score (nSPS) is 14.4. The summed E-state index contributed by atoms with van der Waals surface area (Å²) < 4.78 is 7.06. The number of hydrogen-bond donors (Lipinski definition) is 0. The van der Waals surface area contributed by atoms with Crippen molar-refractivity contribution >= 4 is 18.0 Å². The van der Waals surface area contributed by atoms with Crippen LogP contribution in [-0.4, -0.2) is 46.3 Å². The largest absolute Gasteiger partial charge is 0.452 e. The fourth-order valence-electron chi connectivity index (χ4n) is 3.54. The Hall–Kier alpha value is -2.89. The maximum Gasteiger partial charge on any atom is 0.331 e. The van der Waals surface area contributed by atoms with Crippen molar-refractivity contribution in [3.8, 4) is 0 Å². The first-order chi connectivity index (χ1) is 13.9. The number of hydrogen-bond acceptors (Lipinski definition) is 4. The molecule has 0 bridgehead atoms. The van der Waals surface area contributed by atoms with Gasteiger partial charge in [0, 0.05) is 30.4 Å². The molecule has 6 nitrogen and oxygen atoms in total. The average Bonchev–Trinajstić information content (AvgIpc) is 2.99. The first-order valence-corrected chi connectivity index (χ1v) is 10.2. The SMILES string of the molecule is Cc1ccc(Cn2nc(C)c(/C=C/C(=O)OCC(=O)N3CCCCC3)c2C)cc1. The van der Waals surface area contributed by atoms with Crippen molar-refractivity contribution in [3.05, 3.63) is 58.4 Å². The first-order valence-electron chi connectivity index (χ1n) is 10.2. The highest BCUT2D eigenvalue weighted by Crippen LogP contribution is 2.17. The molecule has 1 saturated heterocycles. The molecule has 0 unspecified atom stereocenters. The molecule has 29 heavy (non-hydrogen) atoms. The number of aryl methyl sites for hydroxylation is 2. The van der Waals surface area contributed by atoms with Gasteiger partial charge in [-0.05, 0) is 51.7 Å². The molecule has 2 heterocycles. The van der Waals surface area contributed by atoms with Crippen molar-refractivity contribution in [2.45, 2.75) is 46.6 Å². The molecule has 1 aromatic heterocycles. The second-order valence-electron chi connectivity index (χ2n) is 7.61. The summed E-state index contributed by atoms with van der Waals surface area (Å²) in [5.74, 6) is -0.634. The molecule has 0 atom stereocenters. The molecular weight excluding hydrogens is 366 g/mol. The zero-order valence-corrected chi connectivity index (χ0v) is 17.5. The Kier molecular flexibility index (Phi) is 6.86. The number of ether oxygens (including phenoxy) is 1. The van der Waals surface area contributed by atoms with Crippen molar-refractivity contribution in [2.75, 3.05) is 19.7 Å². The second-order valence-corrected chi connectivity index (χ2v) is 7.61. The van der Waals surface area contributed by atoms with Gasteiger partial charge in [0.2, 0.25) is 0 Å². The van der Waals surface area contributed by atoms with Crippen LogP contribution in [0.3, 0.4) is 0 Å². The summed E-state index contributed by atoms with van der Waals surface area (Å²) in [6.45, 7) is 7.96. The van der Waals surface area contributed by atoms with Gasteiger partial charge in [0.1, 0.15) is 0 Å². The molecule has 154 valence electrons. The lowest BCUT2D eigenvalue weighted by Crippen LogP contribution is -2.38. The summed E-state index contributed by atoms with van der Waals surface area (Å²) in [5.41, 5.74) is 5.13. The molecule has 1 aliphatic rings. The number of likely N-dealkylation sites (tertiary alicyclic amines) is 1. The minimum atomic E-state index is -0.513. The Bertz CT molecular complexity index is 891. The third-order valence-electron chi connectivity index (χ3n) is 5.32. The zero-order valence-electron chi connectivity index (χ0n) is 17.5. The van der Waals surface area contributed by atoms with Crippen LogP contribution in [0.4, 0.5) is 0 Å². The van der Waals surface area contributed by atoms with E-state index in [1.54, 1.807) is 11.0 Å². The molecule has 0 N–H and O–H groups in total. The highest BCUT2D eigenvalue weighted by atomic mass is 16.5. The molecule has 0 spiro atoms. The molecule has 0 aliphatic carbocycles. The predicted octanol–water partition coefficient (Wildman–Crippen LogP) is 3.43. The molecule has 0 saturated carbocycles. The van der Waals surface area contributed by atoms with Gasteiger partial charge >= 0.3 is 5.97 Å².